The first-order chi connectivity index (χ1) is 8.92. The van der Waals surface area contributed by atoms with Gasteiger partial charge in [0.1, 0.15) is 12.7 Å². The van der Waals surface area contributed by atoms with Gasteiger partial charge >= 0.3 is 0 Å². The third kappa shape index (κ3) is 1.22. The summed E-state index contributed by atoms with van der Waals surface area (Å²) in [6, 6.07) is 8.88. The van der Waals surface area contributed by atoms with Crippen LogP contribution in [0.4, 0.5) is 0 Å². The van der Waals surface area contributed by atoms with Crippen molar-refractivity contribution < 1.29 is 0 Å². The van der Waals surface area contributed by atoms with Crippen molar-refractivity contribution in [3.8, 4) is 11.1 Å². The molecule has 85 valence electrons. The van der Waals surface area contributed by atoms with Gasteiger partial charge in [0.15, 0.2) is 11.3 Å². The summed E-state index contributed by atoms with van der Waals surface area (Å²) in [5, 5.41) is 8.17. The fourth-order valence-corrected chi connectivity index (χ4v) is 1.99. The lowest BCUT2D eigenvalue weighted by Gasteiger charge is -2.02. The number of hydrogen-bond donors (Lipinski definition) is 0. The van der Waals surface area contributed by atoms with Gasteiger partial charge in [0.05, 0.1) is 0 Å². The maximum atomic E-state index is 4.25. The topological polar surface area (TPSA) is 60.4 Å². The van der Waals surface area contributed by atoms with E-state index in [1.165, 1.54) is 12.7 Å². The molecular formula is C12H7N6. The number of hydrogen-bond acceptors (Lipinski definition) is 4. The van der Waals surface area contributed by atoms with Crippen LogP contribution in [0.5, 0.6) is 0 Å². The van der Waals surface area contributed by atoms with E-state index < -0.39 is 0 Å². The molecule has 6 heteroatoms. The number of rotatable bonds is 1. The molecule has 18 heavy (non-hydrogen) atoms. The van der Waals surface area contributed by atoms with Gasteiger partial charge in [-0.15, -0.1) is 0 Å². The quantitative estimate of drug-likeness (QED) is 0.498. The van der Waals surface area contributed by atoms with Crippen molar-refractivity contribution in [3.05, 3.63) is 49.3 Å². The maximum absolute atomic E-state index is 4.25. The molecule has 0 unspecified atom stereocenters. The van der Waals surface area contributed by atoms with E-state index >= 15 is 0 Å². The van der Waals surface area contributed by atoms with Crippen LogP contribution in [-0.4, -0.2) is 29.2 Å². The molecule has 4 aromatic heterocycles. The Morgan fingerprint density at radius 3 is 2.94 bits per heavy atom. The van der Waals surface area contributed by atoms with E-state index in [9.17, 15) is 0 Å². The zero-order valence-corrected chi connectivity index (χ0v) is 9.22. The highest BCUT2D eigenvalue weighted by Gasteiger charge is 2.07. The van der Waals surface area contributed by atoms with Crippen LogP contribution in [0.25, 0.3) is 22.4 Å². The average molecular weight is 235 g/mol. The second kappa shape index (κ2) is 3.36. The Morgan fingerprint density at radius 2 is 1.94 bits per heavy atom. The van der Waals surface area contributed by atoms with Crippen LogP contribution in [0.1, 0.15) is 0 Å². The Balaban J connectivity index is 2.03. The van der Waals surface area contributed by atoms with Gasteiger partial charge in [-0.25, -0.2) is 19.0 Å². The van der Waals surface area contributed by atoms with Crippen LogP contribution in [0.2, 0.25) is 0 Å². The maximum Gasteiger partial charge on any atom is 0.163 e. The molecule has 0 bridgehead atoms. The molecule has 4 aromatic rings. The molecule has 0 aliphatic rings. The predicted molar refractivity (Wildman–Crippen MR) is 63.8 cm³/mol. The van der Waals surface area contributed by atoms with E-state index in [0.29, 0.717) is 0 Å². The normalized spacial score (nSPS) is 11.3. The molecule has 1 radical (unpaired) electrons. The van der Waals surface area contributed by atoms with Gasteiger partial charge in [-0.1, -0.05) is 0 Å². The van der Waals surface area contributed by atoms with Crippen molar-refractivity contribution >= 4 is 11.3 Å². The number of pyridine rings is 2. The van der Waals surface area contributed by atoms with Crippen LogP contribution < -0.4 is 0 Å². The summed E-state index contributed by atoms with van der Waals surface area (Å²) in [5.41, 5.74) is 3.59. The van der Waals surface area contributed by atoms with Crippen molar-refractivity contribution in [2.24, 2.45) is 0 Å². The molecule has 0 N–H and O–H groups in total. The van der Waals surface area contributed by atoms with Gasteiger partial charge in [0.2, 0.25) is 0 Å². The van der Waals surface area contributed by atoms with Gasteiger partial charge in [-0.3, -0.25) is 0 Å². The minimum Gasteiger partial charge on any atom is -0.221 e. The Morgan fingerprint density at radius 1 is 1.06 bits per heavy atom. The smallest absolute Gasteiger partial charge is 0.163 e. The number of fused-ring (bicyclic) bond motifs is 2. The first-order valence-electron chi connectivity index (χ1n) is 5.41. The van der Waals surface area contributed by atoms with Crippen LogP contribution in [0.15, 0.2) is 43.2 Å². The minimum atomic E-state index is 0.800. The minimum absolute atomic E-state index is 0.800. The van der Waals surface area contributed by atoms with Gasteiger partial charge < -0.3 is 0 Å². The first-order valence-corrected chi connectivity index (χ1v) is 5.41. The van der Waals surface area contributed by atoms with E-state index in [1.54, 1.807) is 15.2 Å². The summed E-state index contributed by atoms with van der Waals surface area (Å²) >= 11 is 0. The Labute approximate surface area is 102 Å². The van der Waals surface area contributed by atoms with Crippen LogP contribution in [0.3, 0.4) is 0 Å². The molecule has 6 nitrogen and oxygen atoms in total. The molecule has 0 aromatic carbocycles. The van der Waals surface area contributed by atoms with Crippen molar-refractivity contribution in [2.45, 2.75) is 0 Å². The summed E-state index contributed by atoms with van der Waals surface area (Å²) in [5.74, 6) is 0. The van der Waals surface area contributed by atoms with E-state index in [2.05, 4.69) is 26.2 Å². The molecule has 4 heterocycles. The van der Waals surface area contributed by atoms with Crippen molar-refractivity contribution in [3.63, 3.8) is 0 Å². The molecule has 0 aliphatic carbocycles. The zero-order chi connectivity index (χ0) is 11.9. The van der Waals surface area contributed by atoms with Gasteiger partial charge in [-0.2, -0.15) is 10.2 Å². The molecular weight excluding hydrogens is 228 g/mol. The monoisotopic (exact) mass is 235 g/mol. The van der Waals surface area contributed by atoms with Crippen molar-refractivity contribution in [2.75, 3.05) is 0 Å². The van der Waals surface area contributed by atoms with E-state index in [-0.39, 0.29) is 0 Å². The molecule has 0 fully saturated rings. The highest BCUT2D eigenvalue weighted by atomic mass is 15.3. The van der Waals surface area contributed by atoms with Gasteiger partial charge in [0, 0.05) is 24.0 Å². The van der Waals surface area contributed by atoms with E-state index in [4.69, 9.17) is 0 Å². The summed E-state index contributed by atoms with van der Waals surface area (Å²) in [4.78, 5) is 8.42. The van der Waals surface area contributed by atoms with Gasteiger partial charge in [-0.05, 0) is 23.8 Å². The predicted octanol–water partition coefficient (Wildman–Crippen LogP) is 1.24. The lowest BCUT2D eigenvalue weighted by Crippen LogP contribution is -1.91. The van der Waals surface area contributed by atoms with Crippen LogP contribution >= 0.6 is 0 Å². The van der Waals surface area contributed by atoms with Gasteiger partial charge in [0.25, 0.3) is 0 Å². The lowest BCUT2D eigenvalue weighted by atomic mass is 10.1. The van der Waals surface area contributed by atoms with Crippen molar-refractivity contribution in [1.82, 2.24) is 29.2 Å². The second-order valence-corrected chi connectivity index (χ2v) is 3.86. The summed E-state index contributed by atoms with van der Waals surface area (Å²) in [7, 11) is 0. The largest absolute Gasteiger partial charge is 0.221 e. The first kappa shape index (κ1) is 9.29. The number of nitrogens with zero attached hydrogens (tertiary/aromatic N) is 6. The van der Waals surface area contributed by atoms with E-state index in [0.717, 1.165) is 22.4 Å². The van der Waals surface area contributed by atoms with Crippen LogP contribution in [-0.2, 0) is 0 Å². The third-order valence-electron chi connectivity index (χ3n) is 2.83. The second-order valence-electron chi connectivity index (χ2n) is 3.86. The molecule has 4 rings (SSSR count). The summed E-state index contributed by atoms with van der Waals surface area (Å²) < 4.78 is 3.42. The molecule has 0 amide bonds. The molecule has 0 spiro atoms. The summed E-state index contributed by atoms with van der Waals surface area (Å²) in [6.07, 6.45) is 6.68. The zero-order valence-electron chi connectivity index (χ0n) is 9.22. The Kier molecular flexibility index (Phi) is 1.74. The highest BCUT2D eigenvalue weighted by Crippen LogP contribution is 2.23. The van der Waals surface area contributed by atoms with Crippen molar-refractivity contribution in [1.29, 1.82) is 0 Å². The Hall–Kier alpha value is -2.76. The highest BCUT2D eigenvalue weighted by molar-refractivity contribution is 5.78. The molecule has 0 aliphatic heterocycles. The third-order valence-corrected chi connectivity index (χ3v) is 2.83. The standard InChI is InChI=1S/C12H7N6/c1-2-10(12-14-8-16-18(12)4-1)9-3-5-17-11(6-9)13-7-15-17/h2-8H. The summed E-state index contributed by atoms with van der Waals surface area (Å²) in [6.45, 7) is 0. The average Bonchev–Trinajstić information content (AvgIpc) is 3.05. The number of aromatic nitrogens is 6. The van der Waals surface area contributed by atoms with E-state index in [1.807, 2.05) is 24.4 Å². The fourth-order valence-electron chi connectivity index (χ4n) is 1.99. The molecule has 0 atom stereocenters. The fraction of sp³-hybridized carbons (Fsp3) is 0. The Bertz CT molecular complexity index is 844. The molecule has 0 saturated carbocycles. The SMILES string of the molecule is [c]1cc(-c2ccn3ncnc3c2)c2ncnn2c1. The molecule has 0 saturated heterocycles. The van der Waals surface area contributed by atoms with Crippen LogP contribution in [0, 0.1) is 6.07 Å². The lowest BCUT2D eigenvalue weighted by molar-refractivity contribution is 0.957.